The summed E-state index contributed by atoms with van der Waals surface area (Å²) in [5.41, 5.74) is 0.336. The Balaban J connectivity index is 2.45. The number of ether oxygens (including phenoxy) is 3. The molecule has 0 saturated carbocycles. The van der Waals surface area contributed by atoms with E-state index in [9.17, 15) is 13.2 Å². The van der Waals surface area contributed by atoms with Crippen LogP contribution in [0.2, 0.25) is 0 Å². The Labute approximate surface area is 164 Å². The van der Waals surface area contributed by atoms with Crippen molar-refractivity contribution in [3.05, 3.63) is 42.0 Å². The monoisotopic (exact) mass is 408 g/mol. The van der Waals surface area contributed by atoms with Gasteiger partial charge < -0.3 is 19.5 Å². The minimum absolute atomic E-state index is 0.0907. The topological polar surface area (TPSA) is 103 Å². The van der Waals surface area contributed by atoms with Crippen molar-refractivity contribution in [2.75, 3.05) is 26.1 Å². The van der Waals surface area contributed by atoms with E-state index in [0.29, 0.717) is 11.5 Å². The highest BCUT2D eigenvalue weighted by Gasteiger charge is 2.22. The molecule has 0 atom stereocenters. The maximum Gasteiger partial charge on any atom is 0.262 e. The number of hydrogen-bond donors (Lipinski definition) is 2. The maximum absolute atomic E-state index is 12.9. The molecule has 0 unspecified atom stereocenters. The zero-order valence-electron chi connectivity index (χ0n) is 16.4. The quantitative estimate of drug-likeness (QED) is 0.696. The van der Waals surface area contributed by atoms with Crippen LogP contribution in [0.3, 0.4) is 0 Å². The van der Waals surface area contributed by atoms with Crippen LogP contribution >= 0.6 is 0 Å². The summed E-state index contributed by atoms with van der Waals surface area (Å²) in [5.74, 6) is 0.639. The number of rotatable bonds is 8. The Morgan fingerprint density at radius 2 is 1.57 bits per heavy atom. The van der Waals surface area contributed by atoms with Crippen molar-refractivity contribution in [3.8, 4) is 17.2 Å². The third kappa shape index (κ3) is 4.86. The van der Waals surface area contributed by atoms with Gasteiger partial charge in [-0.05, 0) is 44.2 Å². The Morgan fingerprint density at radius 3 is 2.14 bits per heavy atom. The van der Waals surface area contributed by atoms with E-state index in [0.717, 1.165) is 0 Å². The molecule has 0 aromatic heterocycles. The highest BCUT2D eigenvalue weighted by Crippen LogP contribution is 2.31. The summed E-state index contributed by atoms with van der Waals surface area (Å²) in [4.78, 5) is 12.3. The van der Waals surface area contributed by atoms with Crippen LogP contribution in [0.25, 0.3) is 0 Å². The van der Waals surface area contributed by atoms with Gasteiger partial charge in [0.25, 0.3) is 15.9 Å². The average molecular weight is 408 g/mol. The largest absolute Gasteiger partial charge is 0.497 e. The van der Waals surface area contributed by atoms with Crippen LogP contribution in [-0.4, -0.2) is 41.7 Å². The lowest BCUT2D eigenvalue weighted by Crippen LogP contribution is -2.30. The fourth-order valence-electron chi connectivity index (χ4n) is 2.47. The molecule has 2 aromatic rings. The second kappa shape index (κ2) is 8.83. The first-order valence-electron chi connectivity index (χ1n) is 8.45. The molecule has 0 heterocycles. The van der Waals surface area contributed by atoms with Gasteiger partial charge in [-0.1, -0.05) is 0 Å². The minimum Gasteiger partial charge on any atom is -0.497 e. The standard InChI is InChI=1S/C19H24N2O6S/c1-12(2)20-19(22)15-11-14(7-9-17(15)26-4)28(23,24)21-16-10-13(25-3)6-8-18(16)27-5/h6-12,21H,1-5H3,(H,20,22). The maximum atomic E-state index is 12.9. The highest BCUT2D eigenvalue weighted by molar-refractivity contribution is 7.92. The van der Waals surface area contributed by atoms with Gasteiger partial charge in [-0.15, -0.1) is 0 Å². The van der Waals surface area contributed by atoms with Gasteiger partial charge in [-0.3, -0.25) is 9.52 Å². The van der Waals surface area contributed by atoms with Crippen LogP contribution in [0.4, 0.5) is 5.69 Å². The number of methoxy groups -OCH3 is 3. The molecule has 0 radical (unpaired) electrons. The van der Waals surface area contributed by atoms with Crippen LogP contribution in [0.5, 0.6) is 17.2 Å². The van der Waals surface area contributed by atoms with Crippen LogP contribution in [-0.2, 0) is 10.0 Å². The number of sulfonamides is 1. The molecule has 0 aliphatic heterocycles. The predicted molar refractivity (Wildman–Crippen MR) is 106 cm³/mol. The van der Waals surface area contributed by atoms with E-state index in [1.165, 1.54) is 45.6 Å². The molecular formula is C19H24N2O6S. The molecule has 0 aliphatic rings. The van der Waals surface area contributed by atoms with E-state index in [2.05, 4.69) is 10.0 Å². The normalized spacial score (nSPS) is 11.1. The van der Waals surface area contributed by atoms with Gasteiger partial charge in [-0.2, -0.15) is 0 Å². The van der Waals surface area contributed by atoms with E-state index in [1.54, 1.807) is 12.1 Å². The van der Waals surface area contributed by atoms with Crippen LogP contribution < -0.4 is 24.2 Å². The molecular weight excluding hydrogens is 384 g/mol. The molecule has 152 valence electrons. The summed E-state index contributed by atoms with van der Waals surface area (Å²) < 4.78 is 43.8. The van der Waals surface area contributed by atoms with Crippen LogP contribution in [0.15, 0.2) is 41.3 Å². The van der Waals surface area contributed by atoms with E-state index in [-0.39, 0.29) is 27.9 Å². The van der Waals surface area contributed by atoms with Gasteiger partial charge in [0, 0.05) is 12.1 Å². The fraction of sp³-hybridized carbons (Fsp3) is 0.316. The molecule has 2 aromatic carbocycles. The number of nitrogens with one attached hydrogen (secondary N) is 2. The first-order valence-corrected chi connectivity index (χ1v) is 9.94. The Bertz CT molecular complexity index is 957. The second-order valence-corrected chi connectivity index (χ2v) is 7.84. The molecule has 1 amide bonds. The summed E-state index contributed by atoms with van der Waals surface area (Å²) in [6, 6.07) is 8.70. The van der Waals surface area contributed by atoms with Crippen molar-refractivity contribution in [2.24, 2.45) is 0 Å². The molecule has 2 rings (SSSR count). The van der Waals surface area contributed by atoms with Crippen molar-refractivity contribution in [3.63, 3.8) is 0 Å². The van der Waals surface area contributed by atoms with Gasteiger partial charge in [0.2, 0.25) is 0 Å². The lowest BCUT2D eigenvalue weighted by atomic mass is 10.2. The van der Waals surface area contributed by atoms with Crippen molar-refractivity contribution in [1.82, 2.24) is 5.32 Å². The first-order chi connectivity index (χ1) is 13.2. The van der Waals surface area contributed by atoms with Crippen LogP contribution in [0, 0.1) is 0 Å². The Hall–Kier alpha value is -2.94. The Morgan fingerprint density at radius 1 is 0.929 bits per heavy atom. The van der Waals surface area contributed by atoms with Crippen molar-refractivity contribution in [2.45, 2.75) is 24.8 Å². The molecule has 0 fully saturated rings. The van der Waals surface area contributed by atoms with E-state index >= 15 is 0 Å². The van der Waals surface area contributed by atoms with Gasteiger partial charge in [-0.25, -0.2) is 8.42 Å². The predicted octanol–water partition coefficient (Wildman–Crippen LogP) is 2.65. The summed E-state index contributed by atoms with van der Waals surface area (Å²) in [6.07, 6.45) is 0. The molecule has 0 spiro atoms. The van der Waals surface area contributed by atoms with Gasteiger partial charge in [0.15, 0.2) is 0 Å². The second-order valence-electron chi connectivity index (χ2n) is 6.16. The SMILES string of the molecule is COc1ccc(OC)c(NS(=O)(=O)c2ccc(OC)c(C(=O)NC(C)C)c2)c1. The van der Waals surface area contributed by atoms with Gasteiger partial charge in [0.1, 0.15) is 17.2 Å². The summed E-state index contributed by atoms with van der Waals surface area (Å²) >= 11 is 0. The average Bonchev–Trinajstić information content (AvgIpc) is 2.66. The smallest absolute Gasteiger partial charge is 0.262 e. The summed E-state index contributed by atoms with van der Waals surface area (Å²) in [7, 11) is 0.318. The lowest BCUT2D eigenvalue weighted by molar-refractivity contribution is 0.0940. The van der Waals surface area contributed by atoms with Crippen molar-refractivity contribution >= 4 is 21.6 Å². The molecule has 0 saturated heterocycles. The first kappa shape index (κ1) is 21.4. The zero-order chi connectivity index (χ0) is 20.9. The highest BCUT2D eigenvalue weighted by atomic mass is 32.2. The number of benzene rings is 2. The number of amides is 1. The van der Waals surface area contributed by atoms with E-state index in [1.807, 2.05) is 13.8 Å². The molecule has 2 N–H and O–H groups in total. The third-order valence-corrected chi connectivity index (χ3v) is 5.16. The lowest BCUT2D eigenvalue weighted by Gasteiger charge is -2.15. The molecule has 9 heteroatoms. The number of carbonyl (C=O) groups excluding carboxylic acids is 1. The zero-order valence-corrected chi connectivity index (χ0v) is 17.2. The minimum atomic E-state index is -4.00. The van der Waals surface area contributed by atoms with Crippen molar-refractivity contribution in [1.29, 1.82) is 0 Å². The number of carbonyl (C=O) groups is 1. The number of hydrogen-bond acceptors (Lipinski definition) is 6. The van der Waals surface area contributed by atoms with E-state index in [4.69, 9.17) is 14.2 Å². The molecule has 8 nitrogen and oxygen atoms in total. The molecule has 28 heavy (non-hydrogen) atoms. The summed E-state index contributed by atoms with van der Waals surface area (Å²) in [6.45, 7) is 3.61. The third-order valence-electron chi connectivity index (χ3n) is 3.80. The molecule has 0 bridgehead atoms. The van der Waals surface area contributed by atoms with E-state index < -0.39 is 15.9 Å². The summed E-state index contributed by atoms with van der Waals surface area (Å²) in [5, 5.41) is 2.72. The fourth-order valence-corrected chi connectivity index (χ4v) is 3.56. The van der Waals surface area contributed by atoms with Gasteiger partial charge in [0.05, 0.1) is 37.5 Å². The molecule has 0 aliphatic carbocycles. The number of anilines is 1. The van der Waals surface area contributed by atoms with Gasteiger partial charge >= 0.3 is 0 Å². The Kier molecular flexibility index (Phi) is 6.74. The van der Waals surface area contributed by atoms with Crippen LogP contribution in [0.1, 0.15) is 24.2 Å². The van der Waals surface area contributed by atoms with Crippen molar-refractivity contribution < 1.29 is 27.4 Å².